The van der Waals surface area contributed by atoms with Gasteiger partial charge in [-0.05, 0) is 73.3 Å². The number of hydrogen-bond acceptors (Lipinski definition) is 4. The average Bonchev–Trinajstić information content (AvgIpc) is 2.93. The molecule has 1 saturated carbocycles. The molecular formula is C16H18N2OS. The van der Waals surface area contributed by atoms with Gasteiger partial charge in [-0.2, -0.15) is 16.6 Å². The highest BCUT2D eigenvalue weighted by molar-refractivity contribution is 7.08. The number of nitriles is 1. The molecule has 0 amide bonds. The highest BCUT2D eigenvalue weighted by Gasteiger charge is 2.48. The van der Waals surface area contributed by atoms with Gasteiger partial charge in [-0.3, -0.25) is 4.90 Å². The Hall–Kier alpha value is -1.57. The molecule has 0 saturated heterocycles. The molecule has 2 heterocycles. The number of furan rings is 1. The molecule has 0 radical (unpaired) electrons. The van der Waals surface area contributed by atoms with Gasteiger partial charge in [0, 0.05) is 0 Å². The molecule has 1 fully saturated rings. The Balaban J connectivity index is 1.81. The third kappa shape index (κ3) is 2.17. The summed E-state index contributed by atoms with van der Waals surface area (Å²) in [4.78, 5) is 1.98. The minimum absolute atomic E-state index is 0.566. The van der Waals surface area contributed by atoms with Gasteiger partial charge in [0.1, 0.15) is 5.76 Å². The first-order valence-electron chi connectivity index (χ1n) is 6.82. The molecule has 0 bridgehead atoms. The summed E-state index contributed by atoms with van der Waals surface area (Å²) in [5.41, 5.74) is 0.768. The number of nitrogens with zero attached hydrogens (tertiary/aromatic N) is 2. The van der Waals surface area contributed by atoms with Crippen LogP contribution >= 0.6 is 11.3 Å². The van der Waals surface area contributed by atoms with Gasteiger partial charge in [-0.25, -0.2) is 0 Å². The fourth-order valence-corrected chi connectivity index (χ4v) is 3.69. The van der Waals surface area contributed by atoms with E-state index in [1.807, 2.05) is 31.1 Å². The maximum absolute atomic E-state index is 9.76. The lowest BCUT2D eigenvalue weighted by molar-refractivity contribution is 0.161. The van der Waals surface area contributed by atoms with Crippen LogP contribution in [0.15, 0.2) is 39.6 Å². The van der Waals surface area contributed by atoms with E-state index in [0.29, 0.717) is 11.8 Å². The lowest BCUT2D eigenvalue weighted by Gasteiger charge is -2.31. The summed E-state index contributed by atoms with van der Waals surface area (Å²) in [6.07, 6.45) is 3.65. The van der Waals surface area contributed by atoms with Crippen molar-refractivity contribution in [2.75, 3.05) is 14.1 Å². The fraction of sp³-hybridized carbons (Fsp3) is 0.438. The van der Waals surface area contributed by atoms with Gasteiger partial charge in [0.2, 0.25) is 0 Å². The van der Waals surface area contributed by atoms with Gasteiger partial charge >= 0.3 is 0 Å². The Morgan fingerprint density at radius 2 is 2.35 bits per heavy atom. The first-order chi connectivity index (χ1) is 9.67. The summed E-state index contributed by atoms with van der Waals surface area (Å²) < 4.78 is 5.54. The summed E-state index contributed by atoms with van der Waals surface area (Å²) in [6.45, 7) is 0. The van der Waals surface area contributed by atoms with Gasteiger partial charge in [-0.1, -0.05) is 0 Å². The van der Waals surface area contributed by atoms with Gasteiger partial charge in [-0.15, -0.1) is 0 Å². The van der Waals surface area contributed by atoms with Crippen LogP contribution < -0.4 is 0 Å². The van der Waals surface area contributed by atoms with Crippen molar-refractivity contribution in [2.45, 2.75) is 24.3 Å². The smallest absolute Gasteiger partial charge is 0.167 e. The Bertz CT molecular complexity index is 597. The van der Waals surface area contributed by atoms with E-state index in [0.717, 1.165) is 12.2 Å². The van der Waals surface area contributed by atoms with E-state index < -0.39 is 5.54 Å². The van der Waals surface area contributed by atoms with Gasteiger partial charge < -0.3 is 4.42 Å². The molecule has 104 valence electrons. The molecule has 1 aliphatic rings. The van der Waals surface area contributed by atoms with Crippen LogP contribution in [0, 0.1) is 17.2 Å². The van der Waals surface area contributed by atoms with E-state index in [9.17, 15) is 5.26 Å². The van der Waals surface area contributed by atoms with E-state index in [1.54, 1.807) is 17.6 Å². The van der Waals surface area contributed by atoms with Crippen molar-refractivity contribution in [2.24, 2.45) is 5.92 Å². The summed E-state index contributed by atoms with van der Waals surface area (Å²) in [5.74, 6) is 1.93. The van der Waals surface area contributed by atoms with E-state index in [4.69, 9.17) is 4.42 Å². The number of thiophene rings is 1. The predicted octanol–water partition coefficient (Wildman–Crippen LogP) is 3.82. The third-order valence-electron chi connectivity index (χ3n) is 4.33. The molecule has 2 aromatic heterocycles. The molecule has 3 atom stereocenters. The van der Waals surface area contributed by atoms with E-state index in [-0.39, 0.29) is 0 Å². The zero-order valence-corrected chi connectivity index (χ0v) is 12.6. The summed E-state index contributed by atoms with van der Waals surface area (Å²) in [5, 5.41) is 14.1. The van der Waals surface area contributed by atoms with Crippen LogP contribution in [-0.4, -0.2) is 19.0 Å². The normalized spacial score (nSPS) is 24.3. The van der Waals surface area contributed by atoms with Crippen molar-refractivity contribution in [1.29, 1.82) is 5.26 Å². The lowest BCUT2D eigenvalue weighted by atomic mass is 9.89. The first-order valence-corrected chi connectivity index (χ1v) is 7.76. The van der Waals surface area contributed by atoms with E-state index >= 15 is 0 Å². The molecule has 3 rings (SSSR count). The topological polar surface area (TPSA) is 40.2 Å². The quantitative estimate of drug-likeness (QED) is 0.839. The van der Waals surface area contributed by atoms with Crippen LogP contribution in [0.4, 0.5) is 0 Å². The van der Waals surface area contributed by atoms with Crippen molar-refractivity contribution < 1.29 is 4.42 Å². The van der Waals surface area contributed by atoms with Gasteiger partial charge in [0.15, 0.2) is 5.54 Å². The highest BCUT2D eigenvalue weighted by Crippen LogP contribution is 2.54. The molecule has 4 heteroatoms. The lowest BCUT2D eigenvalue weighted by Crippen LogP contribution is -2.40. The second-order valence-corrected chi connectivity index (χ2v) is 6.49. The second kappa shape index (κ2) is 5.08. The van der Waals surface area contributed by atoms with Gasteiger partial charge in [0.05, 0.1) is 12.3 Å². The fourth-order valence-electron chi connectivity index (χ4n) is 2.97. The SMILES string of the molecule is CN(C)C(C#N)(C[C@@H]1C[C@H]1c1ccsc1)c1ccco1. The van der Waals surface area contributed by atoms with Crippen LogP contribution in [0.5, 0.6) is 0 Å². The Labute approximate surface area is 123 Å². The zero-order valence-electron chi connectivity index (χ0n) is 11.7. The van der Waals surface area contributed by atoms with Crippen LogP contribution in [0.25, 0.3) is 0 Å². The van der Waals surface area contributed by atoms with Crippen LogP contribution in [0.3, 0.4) is 0 Å². The van der Waals surface area contributed by atoms with E-state index in [1.165, 1.54) is 12.0 Å². The van der Waals surface area contributed by atoms with Crippen molar-refractivity contribution in [3.05, 3.63) is 46.5 Å². The standard InChI is InChI=1S/C16H18N2OS/c1-18(2)16(11-17,15-4-3-6-19-15)9-13-8-14(13)12-5-7-20-10-12/h3-7,10,13-14H,8-9H2,1-2H3/t13-,14-,16?/m0/s1. The largest absolute Gasteiger partial charge is 0.466 e. The van der Waals surface area contributed by atoms with Crippen LogP contribution in [0.1, 0.15) is 30.1 Å². The molecule has 1 unspecified atom stereocenters. The molecule has 0 aliphatic heterocycles. The number of rotatable bonds is 5. The molecule has 1 aliphatic carbocycles. The molecule has 20 heavy (non-hydrogen) atoms. The molecule has 2 aromatic rings. The molecule has 0 N–H and O–H groups in total. The Morgan fingerprint density at radius 1 is 1.50 bits per heavy atom. The summed E-state index contributed by atoms with van der Waals surface area (Å²) >= 11 is 1.74. The number of hydrogen-bond donors (Lipinski definition) is 0. The predicted molar refractivity (Wildman–Crippen MR) is 79.5 cm³/mol. The van der Waals surface area contributed by atoms with Crippen molar-refractivity contribution in [3.63, 3.8) is 0 Å². The molecule has 0 spiro atoms. The minimum atomic E-state index is -0.654. The summed E-state index contributed by atoms with van der Waals surface area (Å²) in [6, 6.07) is 8.45. The maximum Gasteiger partial charge on any atom is 0.167 e. The zero-order chi connectivity index (χ0) is 14.2. The van der Waals surface area contributed by atoms with E-state index in [2.05, 4.69) is 22.9 Å². The first kappa shape index (κ1) is 13.4. The van der Waals surface area contributed by atoms with Crippen molar-refractivity contribution >= 4 is 11.3 Å². The Morgan fingerprint density at radius 3 is 2.90 bits per heavy atom. The average molecular weight is 286 g/mol. The van der Waals surface area contributed by atoms with Crippen molar-refractivity contribution in [3.8, 4) is 6.07 Å². The monoisotopic (exact) mass is 286 g/mol. The molecular weight excluding hydrogens is 268 g/mol. The Kier molecular flexibility index (Phi) is 3.41. The summed E-state index contributed by atoms with van der Waals surface area (Å²) in [7, 11) is 3.90. The van der Waals surface area contributed by atoms with Gasteiger partial charge in [0.25, 0.3) is 0 Å². The maximum atomic E-state index is 9.76. The molecule has 3 nitrogen and oxygen atoms in total. The van der Waals surface area contributed by atoms with Crippen LogP contribution in [0.2, 0.25) is 0 Å². The molecule has 0 aromatic carbocycles. The van der Waals surface area contributed by atoms with Crippen LogP contribution in [-0.2, 0) is 5.54 Å². The third-order valence-corrected chi connectivity index (χ3v) is 5.03. The minimum Gasteiger partial charge on any atom is -0.466 e. The van der Waals surface area contributed by atoms with Crippen molar-refractivity contribution in [1.82, 2.24) is 4.90 Å². The highest BCUT2D eigenvalue weighted by atomic mass is 32.1. The second-order valence-electron chi connectivity index (χ2n) is 5.71.